The van der Waals surface area contributed by atoms with E-state index in [4.69, 9.17) is 67.3 Å². The summed E-state index contributed by atoms with van der Waals surface area (Å²) < 4.78 is 21.1. The van der Waals surface area contributed by atoms with E-state index in [0.29, 0.717) is 30.5 Å². The first-order valence-electron chi connectivity index (χ1n) is 29.0. The highest BCUT2D eigenvalue weighted by atomic mass is 35.5. The predicted octanol–water partition coefficient (Wildman–Crippen LogP) is 9.72. The fraction of sp³-hybridized carbons (Fsp3) is 0.579. The molecule has 2 saturated carbocycles. The summed E-state index contributed by atoms with van der Waals surface area (Å²) in [5, 5.41) is 17.2. The minimum absolute atomic E-state index is 0.0163. The third-order valence-corrected chi connectivity index (χ3v) is 16.3. The van der Waals surface area contributed by atoms with Crippen molar-refractivity contribution in [2.24, 2.45) is 0 Å². The van der Waals surface area contributed by atoms with Crippen molar-refractivity contribution >= 4 is 103 Å². The number of piperazine rings is 2. The molecule has 2 atom stereocenters. The number of aromatic nitrogens is 8. The number of carbonyl (C=O) groups excluding carboxylic acids is 2. The molecule has 4 aliphatic heterocycles. The summed E-state index contributed by atoms with van der Waals surface area (Å²) in [5.74, 6) is 2.46. The van der Waals surface area contributed by atoms with Crippen LogP contribution in [-0.4, -0.2) is 152 Å². The largest absolute Gasteiger partial charge is 0.468 e. The fourth-order valence-electron chi connectivity index (χ4n) is 11.4. The molecule has 0 amide bonds. The van der Waals surface area contributed by atoms with Gasteiger partial charge in [-0.25, -0.2) is 9.97 Å². The van der Waals surface area contributed by atoms with Crippen molar-refractivity contribution < 1.29 is 23.8 Å². The Morgan fingerprint density at radius 1 is 0.600 bits per heavy atom. The van der Waals surface area contributed by atoms with Gasteiger partial charge in [0.25, 0.3) is 0 Å². The smallest absolute Gasteiger partial charge is 0.319 e. The molecule has 4 aromatic heterocycles. The Kier molecular flexibility index (Phi) is 20.4. The molecule has 6 fully saturated rings. The number of imidazole rings is 2. The summed E-state index contributed by atoms with van der Waals surface area (Å²) in [4.78, 5) is 57.0. The van der Waals surface area contributed by atoms with Crippen molar-refractivity contribution in [3.05, 3.63) is 61.2 Å². The van der Waals surface area contributed by atoms with E-state index < -0.39 is 5.24 Å². The molecular formula is C57H78Cl2N16O5. The lowest BCUT2D eigenvalue weighted by Gasteiger charge is -2.35. The summed E-state index contributed by atoms with van der Waals surface area (Å²) in [6, 6.07) is 17.8. The van der Waals surface area contributed by atoms with Gasteiger partial charge in [0.2, 0.25) is 17.1 Å². The highest BCUT2D eigenvalue weighted by Gasteiger charge is 2.26. The summed E-state index contributed by atoms with van der Waals surface area (Å²) in [5.41, 5.74) is 7.56. The molecule has 80 heavy (non-hydrogen) atoms. The molecule has 0 bridgehead atoms. The molecule has 12 rings (SSSR count). The van der Waals surface area contributed by atoms with Gasteiger partial charge in [0, 0.05) is 100 Å². The number of nitrogens with one attached hydrogen (secondary N) is 5. The normalized spacial score (nSPS) is 20.5. The van der Waals surface area contributed by atoms with Crippen LogP contribution >= 0.6 is 23.2 Å². The van der Waals surface area contributed by atoms with Crippen LogP contribution in [-0.2, 0) is 23.8 Å². The third kappa shape index (κ3) is 15.3. The van der Waals surface area contributed by atoms with Crippen LogP contribution in [0, 0.1) is 0 Å². The van der Waals surface area contributed by atoms with Crippen molar-refractivity contribution in [2.45, 2.75) is 127 Å². The maximum absolute atomic E-state index is 11.6. The molecule has 21 nitrogen and oxygen atoms in total. The first-order chi connectivity index (χ1) is 39.3. The number of hydrogen-bond donors (Lipinski definition) is 5. The van der Waals surface area contributed by atoms with Gasteiger partial charge in [0.1, 0.15) is 12.5 Å². The topological polar surface area (TPSA) is 219 Å². The zero-order valence-corrected chi connectivity index (χ0v) is 47.6. The fourth-order valence-corrected chi connectivity index (χ4v) is 11.4. The molecular weight excluding hydrogens is 1060 g/mol. The van der Waals surface area contributed by atoms with E-state index >= 15 is 0 Å². The Morgan fingerprint density at radius 3 is 1.45 bits per heavy atom. The van der Waals surface area contributed by atoms with Gasteiger partial charge in [-0.05, 0) is 124 Å². The number of rotatable bonds is 15. The molecule has 23 heteroatoms. The van der Waals surface area contributed by atoms with Crippen LogP contribution in [0.5, 0.6) is 0 Å². The quantitative estimate of drug-likeness (QED) is 0.0367. The average Bonchev–Trinajstić information content (AvgIpc) is 4.24. The van der Waals surface area contributed by atoms with E-state index in [1.54, 1.807) is 0 Å². The lowest BCUT2D eigenvalue weighted by Crippen LogP contribution is -2.48. The van der Waals surface area contributed by atoms with Crippen LogP contribution < -0.4 is 36.4 Å². The zero-order chi connectivity index (χ0) is 55.0. The van der Waals surface area contributed by atoms with E-state index in [9.17, 15) is 9.59 Å². The number of esters is 1. The predicted molar refractivity (Wildman–Crippen MR) is 316 cm³/mol. The second-order valence-electron chi connectivity index (χ2n) is 21.4. The van der Waals surface area contributed by atoms with E-state index in [-0.39, 0.29) is 24.3 Å². The van der Waals surface area contributed by atoms with Crippen LogP contribution in [0.1, 0.15) is 115 Å². The first-order valence-corrected chi connectivity index (χ1v) is 29.9. The standard InChI is InChI=1S/C29H40N8O3.C26H36N8O.C2H2Cl2O/c1-39-25(38)19-35-14-16-36(17-15-35)23-12-10-22(11-13-23)32-29-33-27(31-21-7-3-2-4-8-21)26-28(34-29)37(20-30-26)24-9-5-6-18-40-24;1-2-6-19(7-3-1)29-24-23-25(34(18-28-23)22-8-4-5-17-35-22)32-26(31-24)30-20-9-11-21(12-10-20)33-15-13-27-14-16-33;3-1-2(4)5/h10-13,20-21,24H,2-9,14-19H2,1H3,(H2,31,32,33,34);9-12,18-19,22,27H,1-8,13-17H2,(H2,29,30,31,32);1H2. The van der Waals surface area contributed by atoms with Gasteiger partial charge in [-0.2, -0.15) is 19.9 Å². The van der Waals surface area contributed by atoms with E-state index in [2.05, 4.69) is 98.9 Å². The third-order valence-electron chi connectivity index (χ3n) is 15.8. The maximum atomic E-state index is 11.6. The summed E-state index contributed by atoms with van der Waals surface area (Å²) in [7, 11) is 1.44. The lowest BCUT2D eigenvalue weighted by atomic mass is 9.95. The Morgan fingerprint density at radius 2 is 1.04 bits per heavy atom. The number of ether oxygens (including phenoxy) is 3. The molecule has 2 aliphatic carbocycles. The number of hydrogen-bond acceptors (Lipinski definition) is 19. The van der Waals surface area contributed by atoms with Crippen LogP contribution in [0.4, 0.5) is 46.3 Å². The van der Waals surface area contributed by atoms with E-state index in [1.807, 2.05) is 12.7 Å². The summed E-state index contributed by atoms with van der Waals surface area (Å²) >= 11 is 9.55. The number of nitrogens with zero attached hydrogens (tertiary/aromatic N) is 11. The molecule has 5 N–H and O–H groups in total. The number of anilines is 8. The molecule has 430 valence electrons. The number of halogens is 2. The molecule has 6 aromatic rings. The molecule has 8 heterocycles. The van der Waals surface area contributed by atoms with Crippen LogP contribution in [0.25, 0.3) is 22.3 Å². The Labute approximate surface area is 478 Å². The van der Waals surface area contributed by atoms with Gasteiger partial charge in [0.05, 0.1) is 32.2 Å². The highest BCUT2D eigenvalue weighted by molar-refractivity contribution is 6.67. The van der Waals surface area contributed by atoms with Gasteiger partial charge in [0.15, 0.2) is 34.0 Å². The SMILES string of the molecule is COC(=O)CN1CCN(c2ccc(Nc3nc(NC4CCCCC4)c4ncn(C5CCCCO5)c4n3)cc2)CC1.O=C(Cl)CCl.c1cc(N2CCNCC2)ccc1Nc1nc(NC2CCCCC2)c2ncn(C3CCCCO3)c2n1. The van der Waals surface area contributed by atoms with Crippen molar-refractivity contribution in [1.82, 2.24) is 49.3 Å². The van der Waals surface area contributed by atoms with Crippen molar-refractivity contribution in [3.8, 4) is 0 Å². The van der Waals surface area contributed by atoms with Crippen molar-refractivity contribution in [1.29, 1.82) is 0 Å². The molecule has 4 saturated heterocycles. The number of methoxy groups -OCH3 is 1. The van der Waals surface area contributed by atoms with Gasteiger partial charge >= 0.3 is 5.97 Å². The summed E-state index contributed by atoms with van der Waals surface area (Å²) in [6.07, 6.45) is 22.4. The number of carbonyl (C=O) groups is 2. The number of benzene rings is 2. The molecule has 0 spiro atoms. The maximum Gasteiger partial charge on any atom is 0.319 e. The molecule has 0 radical (unpaired) electrons. The second-order valence-corrected chi connectivity index (χ2v) is 22.1. The Bertz CT molecular complexity index is 2910. The van der Waals surface area contributed by atoms with Crippen LogP contribution in [0.2, 0.25) is 0 Å². The van der Waals surface area contributed by atoms with E-state index in [1.165, 1.54) is 64.2 Å². The van der Waals surface area contributed by atoms with Gasteiger partial charge in [-0.15, -0.1) is 11.6 Å². The number of fused-ring (bicyclic) bond motifs is 2. The van der Waals surface area contributed by atoms with Crippen molar-refractivity contribution in [3.63, 3.8) is 0 Å². The molecule has 2 unspecified atom stereocenters. The average molecular weight is 1140 g/mol. The van der Waals surface area contributed by atoms with Gasteiger partial charge < -0.3 is 50.6 Å². The van der Waals surface area contributed by atoms with Gasteiger partial charge in [-0.3, -0.25) is 23.6 Å². The molecule has 2 aromatic carbocycles. The first kappa shape index (κ1) is 57.1. The van der Waals surface area contributed by atoms with Crippen molar-refractivity contribution in [2.75, 3.05) is 116 Å². The lowest BCUT2D eigenvalue weighted by molar-refractivity contribution is -0.142. The minimum Gasteiger partial charge on any atom is -0.468 e. The minimum atomic E-state index is -0.508. The Hall–Kier alpha value is -6.10. The van der Waals surface area contributed by atoms with E-state index in [0.717, 1.165) is 168 Å². The summed E-state index contributed by atoms with van der Waals surface area (Å²) in [6.45, 7) is 9.43. The molecule has 6 aliphatic rings. The zero-order valence-electron chi connectivity index (χ0n) is 46.1. The monoisotopic (exact) mass is 1140 g/mol. The Balaban J connectivity index is 0.000000167. The van der Waals surface area contributed by atoms with Crippen LogP contribution in [0.3, 0.4) is 0 Å². The van der Waals surface area contributed by atoms with Crippen LogP contribution in [0.15, 0.2) is 61.2 Å². The number of alkyl halides is 1. The highest BCUT2D eigenvalue weighted by Crippen LogP contribution is 2.34. The van der Waals surface area contributed by atoms with Gasteiger partial charge in [-0.1, -0.05) is 38.5 Å². The second kappa shape index (κ2) is 28.5.